The summed E-state index contributed by atoms with van der Waals surface area (Å²) in [6, 6.07) is 19.0. The van der Waals surface area contributed by atoms with E-state index in [-0.39, 0.29) is 28.7 Å². The maximum atomic E-state index is 13.5. The Kier molecular flexibility index (Phi) is 7.08. The van der Waals surface area contributed by atoms with Crippen LogP contribution >= 0.6 is 0 Å². The highest BCUT2D eigenvalue weighted by atomic mass is 32.2. The number of hydrogen-bond acceptors (Lipinski definition) is 6. The summed E-state index contributed by atoms with van der Waals surface area (Å²) < 4.78 is 34.2. The second kappa shape index (κ2) is 10.1. The molecule has 0 spiro atoms. The van der Waals surface area contributed by atoms with E-state index < -0.39 is 15.4 Å². The molecule has 7 nitrogen and oxygen atoms in total. The minimum Gasteiger partial charge on any atom is -0.460 e. The van der Waals surface area contributed by atoms with Gasteiger partial charge < -0.3 is 4.74 Å². The quantitative estimate of drug-likeness (QED) is 0.329. The maximum Gasteiger partial charge on any atom is 0.310 e. The Balaban J connectivity index is 1.79. The SMILES string of the molecule is Cc1nn(Cc2ccccc2S(=O)(=O)c2ccccc2)c(-c2ccncc2)c1CC(=O)OC(C)(C)C. The molecular weight excluding hydrogens is 474 g/mol. The summed E-state index contributed by atoms with van der Waals surface area (Å²) >= 11 is 0. The minimum atomic E-state index is -3.74. The van der Waals surface area contributed by atoms with Crippen molar-refractivity contribution >= 4 is 15.8 Å². The molecule has 4 rings (SSSR count). The van der Waals surface area contributed by atoms with Crippen molar-refractivity contribution in [1.29, 1.82) is 0 Å². The van der Waals surface area contributed by atoms with Crippen molar-refractivity contribution in [2.45, 2.75) is 56.1 Å². The van der Waals surface area contributed by atoms with Crippen LogP contribution in [0.4, 0.5) is 0 Å². The van der Waals surface area contributed by atoms with E-state index in [4.69, 9.17) is 9.84 Å². The lowest BCUT2D eigenvalue weighted by Crippen LogP contribution is -2.25. The van der Waals surface area contributed by atoms with Crippen LogP contribution in [0.5, 0.6) is 0 Å². The van der Waals surface area contributed by atoms with Gasteiger partial charge in [-0.25, -0.2) is 8.42 Å². The predicted octanol–water partition coefficient (Wildman–Crippen LogP) is 5.02. The van der Waals surface area contributed by atoms with Crippen LogP contribution in [0.15, 0.2) is 88.9 Å². The van der Waals surface area contributed by atoms with Crippen molar-refractivity contribution in [3.8, 4) is 11.3 Å². The second-order valence-electron chi connectivity index (χ2n) is 9.49. The van der Waals surface area contributed by atoms with Crippen molar-refractivity contribution in [3.63, 3.8) is 0 Å². The molecule has 0 radical (unpaired) electrons. The van der Waals surface area contributed by atoms with Crippen molar-refractivity contribution < 1.29 is 17.9 Å². The van der Waals surface area contributed by atoms with Crippen LogP contribution in [0.2, 0.25) is 0 Å². The Morgan fingerprint density at radius 3 is 2.25 bits per heavy atom. The molecule has 0 unspecified atom stereocenters. The number of sulfone groups is 1. The zero-order chi connectivity index (χ0) is 25.9. The van der Waals surface area contributed by atoms with Crippen LogP contribution < -0.4 is 0 Å². The van der Waals surface area contributed by atoms with Crippen LogP contribution in [0.25, 0.3) is 11.3 Å². The molecule has 0 amide bonds. The van der Waals surface area contributed by atoms with Gasteiger partial charge in [0.25, 0.3) is 0 Å². The van der Waals surface area contributed by atoms with E-state index in [1.807, 2.05) is 45.9 Å². The van der Waals surface area contributed by atoms with Crippen LogP contribution in [-0.2, 0) is 32.3 Å². The molecule has 0 saturated heterocycles. The molecule has 2 heterocycles. The van der Waals surface area contributed by atoms with Gasteiger partial charge in [-0.2, -0.15) is 5.10 Å². The van der Waals surface area contributed by atoms with E-state index in [2.05, 4.69) is 4.98 Å². The van der Waals surface area contributed by atoms with Gasteiger partial charge in [0, 0.05) is 23.5 Å². The Morgan fingerprint density at radius 1 is 0.944 bits per heavy atom. The van der Waals surface area contributed by atoms with Crippen molar-refractivity contribution in [1.82, 2.24) is 14.8 Å². The number of ether oxygens (including phenoxy) is 1. The molecule has 36 heavy (non-hydrogen) atoms. The van der Waals surface area contributed by atoms with E-state index >= 15 is 0 Å². The summed E-state index contributed by atoms with van der Waals surface area (Å²) in [6.45, 7) is 7.53. The normalized spacial score (nSPS) is 11.9. The fourth-order valence-electron chi connectivity index (χ4n) is 4.08. The molecule has 2 aromatic carbocycles. The molecule has 0 aliphatic carbocycles. The molecule has 0 bridgehead atoms. The number of hydrogen-bond donors (Lipinski definition) is 0. The van der Waals surface area contributed by atoms with E-state index in [1.54, 1.807) is 65.6 Å². The lowest BCUT2D eigenvalue weighted by molar-refractivity contribution is -0.153. The molecule has 0 saturated carbocycles. The topological polar surface area (TPSA) is 91.1 Å². The van der Waals surface area contributed by atoms with Crippen LogP contribution in [-0.4, -0.2) is 34.8 Å². The van der Waals surface area contributed by atoms with E-state index in [9.17, 15) is 13.2 Å². The zero-order valence-electron chi connectivity index (χ0n) is 20.8. The van der Waals surface area contributed by atoms with Gasteiger partial charge in [0.2, 0.25) is 9.84 Å². The Morgan fingerprint density at radius 2 is 1.58 bits per heavy atom. The van der Waals surface area contributed by atoms with E-state index in [1.165, 1.54) is 0 Å². The average molecular weight is 504 g/mol. The van der Waals surface area contributed by atoms with E-state index in [0.717, 1.165) is 16.8 Å². The number of carbonyl (C=O) groups is 1. The molecule has 0 fully saturated rings. The molecular formula is C28H29N3O4S. The van der Waals surface area contributed by atoms with Gasteiger partial charge in [-0.1, -0.05) is 36.4 Å². The average Bonchev–Trinajstić information content (AvgIpc) is 3.13. The fraction of sp³-hybridized carbons (Fsp3) is 0.250. The highest BCUT2D eigenvalue weighted by Gasteiger charge is 2.25. The van der Waals surface area contributed by atoms with Gasteiger partial charge in [-0.15, -0.1) is 0 Å². The lowest BCUT2D eigenvalue weighted by Gasteiger charge is -2.19. The summed E-state index contributed by atoms with van der Waals surface area (Å²) in [4.78, 5) is 17.3. The van der Waals surface area contributed by atoms with Gasteiger partial charge in [-0.3, -0.25) is 14.5 Å². The largest absolute Gasteiger partial charge is 0.460 e. The van der Waals surface area contributed by atoms with E-state index in [0.29, 0.717) is 11.3 Å². The molecule has 0 atom stereocenters. The first kappa shape index (κ1) is 25.3. The molecule has 4 aromatic rings. The predicted molar refractivity (Wildman–Crippen MR) is 137 cm³/mol. The summed E-state index contributed by atoms with van der Waals surface area (Å²) in [7, 11) is -3.74. The van der Waals surface area contributed by atoms with Crippen LogP contribution in [0.1, 0.15) is 37.6 Å². The molecule has 0 aliphatic rings. The third kappa shape index (κ3) is 5.54. The first-order valence-corrected chi connectivity index (χ1v) is 13.1. The number of esters is 1. The number of carbonyl (C=O) groups excluding carboxylic acids is 1. The number of nitrogens with zero attached hydrogens (tertiary/aromatic N) is 3. The Hall–Kier alpha value is -3.78. The molecule has 186 valence electrons. The van der Waals surface area contributed by atoms with Gasteiger partial charge in [-0.05, 0) is 63.6 Å². The van der Waals surface area contributed by atoms with Crippen molar-refractivity contribution in [2.24, 2.45) is 0 Å². The van der Waals surface area contributed by atoms with Crippen LogP contribution in [0, 0.1) is 6.92 Å². The third-order valence-corrected chi connectivity index (χ3v) is 7.45. The maximum absolute atomic E-state index is 13.5. The Bertz CT molecular complexity index is 1470. The number of aryl methyl sites for hydroxylation is 1. The fourth-order valence-corrected chi connectivity index (χ4v) is 5.59. The highest BCUT2D eigenvalue weighted by molar-refractivity contribution is 7.91. The number of benzene rings is 2. The van der Waals surface area contributed by atoms with Gasteiger partial charge in [0.05, 0.1) is 34.1 Å². The number of pyridine rings is 1. The second-order valence-corrected chi connectivity index (χ2v) is 11.4. The summed E-state index contributed by atoms with van der Waals surface area (Å²) in [5.41, 5.74) is 2.96. The van der Waals surface area contributed by atoms with Gasteiger partial charge in [0.1, 0.15) is 5.60 Å². The smallest absolute Gasteiger partial charge is 0.310 e. The van der Waals surface area contributed by atoms with Crippen molar-refractivity contribution in [2.75, 3.05) is 0 Å². The summed E-state index contributed by atoms with van der Waals surface area (Å²) in [6.07, 6.45) is 3.39. The molecule has 0 N–H and O–H groups in total. The third-order valence-electron chi connectivity index (χ3n) is 5.58. The summed E-state index contributed by atoms with van der Waals surface area (Å²) in [5, 5.41) is 4.72. The molecule has 8 heteroatoms. The first-order chi connectivity index (χ1) is 17.1. The van der Waals surface area contributed by atoms with Crippen molar-refractivity contribution in [3.05, 3.63) is 95.9 Å². The highest BCUT2D eigenvalue weighted by Crippen LogP contribution is 2.30. The monoisotopic (exact) mass is 503 g/mol. The standard InChI is InChI=1S/C28H29N3O4S/c1-20-24(18-26(32)35-28(2,3)4)27(21-14-16-29-17-15-21)31(30-20)19-22-10-8-9-13-25(22)36(33,34)23-11-6-5-7-12-23/h5-17H,18-19H2,1-4H3. The number of aromatic nitrogens is 3. The van der Waals surface area contributed by atoms with Gasteiger partial charge in [0.15, 0.2) is 0 Å². The van der Waals surface area contributed by atoms with Crippen LogP contribution in [0.3, 0.4) is 0 Å². The minimum absolute atomic E-state index is 0.0463. The number of rotatable bonds is 7. The summed E-state index contributed by atoms with van der Waals surface area (Å²) in [5.74, 6) is -0.354. The molecule has 2 aromatic heterocycles. The van der Waals surface area contributed by atoms with Gasteiger partial charge >= 0.3 is 5.97 Å². The first-order valence-electron chi connectivity index (χ1n) is 11.6. The molecule has 0 aliphatic heterocycles. The Labute approximate surface area is 211 Å². The zero-order valence-corrected chi connectivity index (χ0v) is 21.6. The lowest BCUT2D eigenvalue weighted by atomic mass is 10.0.